The lowest BCUT2D eigenvalue weighted by atomic mass is 10.2. The summed E-state index contributed by atoms with van der Waals surface area (Å²) in [5.41, 5.74) is 2.24. The zero-order valence-electron chi connectivity index (χ0n) is 16.7. The molecule has 1 saturated carbocycles. The minimum atomic E-state index is -0.112. The number of ether oxygens (including phenoxy) is 1. The summed E-state index contributed by atoms with van der Waals surface area (Å²) < 4.78 is 5.39. The molecule has 2 fully saturated rings. The Labute approximate surface area is 175 Å². The lowest BCUT2D eigenvalue weighted by Gasteiger charge is -2.28. The number of aromatic nitrogens is 1. The van der Waals surface area contributed by atoms with Gasteiger partial charge in [-0.3, -0.25) is 9.69 Å². The van der Waals surface area contributed by atoms with Crippen LogP contribution in [0.1, 0.15) is 18.5 Å². The number of benzene rings is 1. The highest BCUT2D eigenvalue weighted by Gasteiger charge is 2.40. The van der Waals surface area contributed by atoms with E-state index >= 15 is 0 Å². The molecule has 1 amide bonds. The van der Waals surface area contributed by atoms with Gasteiger partial charge in [0.05, 0.1) is 18.9 Å². The van der Waals surface area contributed by atoms with Crippen LogP contribution in [0.4, 0.5) is 5.00 Å². The Bertz CT molecular complexity index is 846. The molecule has 154 valence electrons. The first-order valence-electron chi connectivity index (χ1n) is 10.7. The zero-order valence-corrected chi connectivity index (χ0v) is 17.5. The van der Waals surface area contributed by atoms with Gasteiger partial charge in [0.15, 0.2) is 0 Å². The topological polar surface area (TPSA) is 57.7 Å². The first-order chi connectivity index (χ1) is 14.3. The Kier molecular flexibility index (Phi) is 5.52. The van der Waals surface area contributed by atoms with Gasteiger partial charge >= 0.3 is 0 Å². The molecule has 1 aromatic carbocycles. The van der Waals surface area contributed by atoms with Gasteiger partial charge < -0.3 is 15.0 Å². The highest BCUT2D eigenvalue weighted by Crippen LogP contribution is 2.43. The van der Waals surface area contributed by atoms with Crippen molar-refractivity contribution >= 4 is 22.2 Å². The van der Waals surface area contributed by atoms with Crippen molar-refractivity contribution in [3.63, 3.8) is 0 Å². The van der Waals surface area contributed by atoms with Gasteiger partial charge in [0.2, 0.25) is 5.91 Å². The molecule has 2 aliphatic heterocycles. The molecule has 2 aromatic rings. The number of carbonyl (C=O) groups excluding carboxylic acids is 1. The number of fused-ring (bicyclic) bond motifs is 1. The van der Waals surface area contributed by atoms with Crippen molar-refractivity contribution in [1.29, 1.82) is 0 Å². The van der Waals surface area contributed by atoms with E-state index in [4.69, 9.17) is 9.72 Å². The molecule has 0 radical (unpaired) electrons. The van der Waals surface area contributed by atoms with E-state index in [1.807, 2.05) is 6.07 Å². The summed E-state index contributed by atoms with van der Waals surface area (Å²) in [4.78, 5) is 22.6. The average Bonchev–Trinajstić information content (AvgIpc) is 3.38. The summed E-state index contributed by atoms with van der Waals surface area (Å²) in [5.74, 6) is 0.872. The summed E-state index contributed by atoms with van der Waals surface area (Å²) in [5, 5.41) is 5.44. The van der Waals surface area contributed by atoms with Crippen LogP contribution in [0.5, 0.6) is 0 Å². The van der Waals surface area contributed by atoms with E-state index in [-0.39, 0.29) is 11.9 Å². The zero-order chi connectivity index (χ0) is 19.6. The van der Waals surface area contributed by atoms with E-state index in [1.165, 1.54) is 17.8 Å². The van der Waals surface area contributed by atoms with Crippen LogP contribution >= 0.6 is 11.3 Å². The number of nitrogens with zero attached hydrogens (tertiary/aromatic N) is 3. The van der Waals surface area contributed by atoms with Crippen molar-refractivity contribution in [1.82, 2.24) is 15.2 Å². The summed E-state index contributed by atoms with van der Waals surface area (Å²) in [6.45, 7) is 6.06. The number of thiazole rings is 1. The molecular weight excluding hydrogens is 384 g/mol. The van der Waals surface area contributed by atoms with Gasteiger partial charge in [-0.1, -0.05) is 41.7 Å². The number of hydrogen-bond donors (Lipinski definition) is 1. The minimum Gasteiger partial charge on any atom is -0.379 e. The Morgan fingerprint density at radius 3 is 2.76 bits per heavy atom. The van der Waals surface area contributed by atoms with Crippen LogP contribution in [0.15, 0.2) is 30.3 Å². The van der Waals surface area contributed by atoms with Gasteiger partial charge in [-0.05, 0) is 18.8 Å². The second-order valence-electron chi connectivity index (χ2n) is 8.20. The van der Waals surface area contributed by atoms with Gasteiger partial charge in [0, 0.05) is 44.7 Å². The highest BCUT2D eigenvalue weighted by molar-refractivity contribution is 7.19. The standard InChI is InChI=1S/C22H28N4O2S/c27-20(23-8-9-25-10-12-28-13-11-25)19-14-18-22(26(19)15-16-6-7-16)29-21(24-18)17-4-2-1-3-5-17/h1-5,16,19H,6-15H2,(H,23,27). The highest BCUT2D eigenvalue weighted by atomic mass is 32.1. The summed E-state index contributed by atoms with van der Waals surface area (Å²) in [7, 11) is 0. The van der Waals surface area contributed by atoms with Crippen LogP contribution in [-0.2, 0) is 16.0 Å². The molecule has 3 aliphatic rings. The number of nitrogens with one attached hydrogen (secondary N) is 1. The average molecular weight is 413 g/mol. The lowest BCUT2D eigenvalue weighted by Crippen LogP contribution is -2.48. The lowest BCUT2D eigenvalue weighted by molar-refractivity contribution is -0.122. The van der Waals surface area contributed by atoms with Crippen molar-refractivity contribution in [2.75, 3.05) is 50.8 Å². The first-order valence-corrected chi connectivity index (χ1v) is 11.5. The molecule has 1 aliphatic carbocycles. The molecule has 29 heavy (non-hydrogen) atoms. The predicted molar refractivity (Wildman–Crippen MR) is 115 cm³/mol. The molecule has 1 aromatic heterocycles. The van der Waals surface area contributed by atoms with E-state index in [1.54, 1.807) is 11.3 Å². The molecule has 6 nitrogen and oxygen atoms in total. The SMILES string of the molecule is O=C(NCCN1CCOCC1)C1Cc2nc(-c3ccccc3)sc2N1CC1CC1. The monoisotopic (exact) mass is 412 g/mol. The van der Waals surface area contributed by atoms with Gasteiger partial charge in [-0.2, -0.15) is 0 Å². The molecule has 7 heteroatoms. The van der Waals surface area contributed by atoms with Crippen molar-refractivity contribution in [2.24, 2.45) is 5.92 Å². The van der Waals surface area contributed by atoms with E-state index in [0.717, 1.165) is 68.0 Å². The Morgan fingerprint density at radius 1 is 1.21 bits per heavy atom. The van der Waals surface area contributed by atoms with Crippen LogP contribution in [0, 0.1) is 5.92 Å². The maximum absolute atomic E-state index is 13.0. The fourth-order valence-corrected chi connectivity index (χ4v) is 5.30. The van der Waals surface area contributed by atoms with Crippen LogP contribution in [0.25, 0.3) is 10.6 Å². The van der Waals surface area contributed by atoms with Gasteiger partial charge in [0.25, 0.3) is 0 Å². The first kappa shape index (κ1) is 19.0. The molecule has 0 bridgehead atoms. The number of rotatable bonds is 7. The maximum Gasteiger partial charge on any atom is 0.243 e. The third-order valence-corrected chi connectivity index (χ3v) is 7.19. The largest absolute Gasteiger partial charge is 0.379 e. The number of carbonyl (C=O) groups is 1. The smallest absolute Gasteiger partial charge is 0.243 e. The molecule has 5 rings (SSSR count). The Balaban J connectivity index is 1.25. The van der Waals surface area contributed by atoms with E-state index in [2.05, 4.69) is 39.4 Å². The summed E-state index contributed by atoms with van der Waals surface area (Å²) in [6.07, 6.45) is 3.28. The van der Waals surface area contributed by atoms with E-state index in [0.29, 0.717) is 6.54 Å². The maximum atomic E-state index is 13.0. The molecule has 1 N–H and O–H groups in total. The number of hydrogen-bond acceptors (Lipinski definition) is 6. The third kappa shape index (κ3) is 4.32. The fraction of sp³-hybridized carbons (Fsp3) is 0.545. The van der Waals surface area contributed by atoms with Gasteiger partial charge in [-0.25, -0.2) is 4.98 Å². The Morgan fingerprint density at radius 2 is 2.00 bits per heavy atom. The molecule has 1 saturated heterocycles. The molecule has 1 unspecified atom stereocenters. The van der Waals surface area contributed by atoms with Crippen molar-refractivity contribution < 1.29 is 9.53 Å². The van der Waals surface area contributed by atoms with Crippen LogP contribution in [-0.4, -0.2) is 67.8 Å². The van der Waals surface area contributed by atoms with Gasteiger partial charge in [0.1, 0.15) is 16.1 Å². The van der Waals surface area contributed by atoms with Crippen molar-refractivity contribution in [3.8, 4) is 10.6 Å². The number of morpholine rings is 1. The van der Waals surface area contributed by atoms with Gasteiger partial charge in [-0.15, -0.1) is 0 Å². The van der Waals surface area contributed by atoms with Crippen LogP contribution in [0.3, 0.4) is 0 Å². The second-order valence-corrected chi connectivity index (χ2v) is 9.18. The number of anilines is 1. The molecule has 1 atom stereocenters. The molecule has 0 spiro atoms. The summed E-state index contributed by atoms with van der Waals surface area (Å²) in [6, 6.07) is 10.2. The van der Waals surface area contributed by atoms with E-state index in [9.17, 15) is 4.79 Å². The van der Waals surface area contributed by atoms with Crippen molar-refractivity contribution in [2.45, 2.75) is 25.3 Å². The van der Waals surface area contributed by atoms with Crippen LogP contribution in [0.2, 0.25) is 0 Å². The van der Waals surface area contributed by atoms with Crippen LogP contribution < -0.4 is 10.2 Å². The predicted octanol–water partition coefficient (Wildman–Crippen LogP) is 2.40. The molecular formula is C22H28N4O2S. The second kappa shape index (κ2) is 8.42. The fourth-order valence-electron chi connectivity index (χ4n) is 4.14. The quantitative estimate of drug-likeness (QED) is 0.757. The third-order valence-electron chi connectivity index (χ3n) is 6.01. The Hall–Kier alpha value is -1.96. The van der Waals surface area contributed by atoms with Crippen molar-refractivity contribution in [3.05, 3.63) is 36.0 Å². The number of amides is 1. The van der Waals surface area contributed by atoms with E-state index < -0.39 is 0 Å². The molecule has 3 heterocycles. The normalized spacial score (nSPS) is 21.9. The summed E-state index contributed by atoms with van der Waals surface area (Å²) >= 11 is 1.73. The minimum absolute atomic E-state index is 0.112.